The number of nitrogens with one attached hydrogen (secondary N) is 1. The van der Waals surface area contributed by atoms with Gasteiger partial charge < -0.3 is 10.2 Å². The average Bonchev–Trinajstić information content (AvgIpc) is 3.03. The molecular weight excluding hydrogens is 582 g/mol. The Morgan fingerprint density at radius 3 is 2.09 bits per heavy atom. The Bertz CT molecular complexity index is 1720. The van der Waals surface area contributed by atoms with Crippen LogP contribution in [0, 0.1) is 27.7 Å². The van der Waals surface area contributed by atoms with Gasteiger partial charge in [0.1, 0.15) is 12.6 Å². The number of carbonyl (C=O) groups is 2. The first kappa shape index (κ1) is 33.5. The molecule has 8 heteroatoms. The minimum Gasteiger partial charge on any atom is -0.354 e. The summed E-state index contributed by atoms with van der Waals surface area (Å²) in [6, 6.07) is 28.4. The fourth-order valence-corrected chi connectivity index (χ4v) is 6.54. The van der Waals surface area contributed by atoms with Crippen molar-refractivity contribution in [3.8, 4) is 0 Å². The van der Waals surface area contributed by atoms with Crippen molar-refractivity contribution >= 4 is 27.5 Å². The van der Waals surface area contributed by atoms with Crippen molar-refractivity contribution in [3.63, 3.8) is 0 Å². The lowest BCUT2D eigenvalue weighted by Crippen LogP contribution is -2.53. The second kappa shape index (κ2) is 15.0. The van der Waals surface area contributed by atoms with Crippen molar-refractivity contribution in [2.45, 2.75) is 64.9 Å². The molecule has 0 bridgehead atoms. The van der Waals surface area contributed by atoms with Crippen LogP contribution >= 0.6 is 0 Å². The summed E-state index contributed by atoms with van der Waals surface area (Å²) in [5.74, 6) is -0.749. The molecule has 0 unspecified atom stereocenters. The topological polar surface area (TPSA) is 86.8 Å². The normalized spacial score (nSPS) is 11.9. The van der Waals surface area contributed by atoms with Gasteiger partial charge in [-0.1, -0.05) is 85.3 Å². The van der Waals surface area contributed by atoms with Crippen LogP contribution in [-0.2, 0) is 32.6 Å². The molecule has 45 heavy (non-hydrogen) atoms. The van der Waals surface area contributed by atoms with Crippen molar-refractivity contribution in [1.82, 2.24) is 10.2 Å². The number of carbonyl (C=O) groups excluding carboxylic acids is 2. The maximum absolute atomic E-state index is 14.6. The van der Waals surface area contributed by atoms with E-state index in [1.807, 2.05) is 95.3 Å². The van der Waals surface area contributed by atoms with Gasteiger partial charge in [-0.2, -0.15) is 0 Å². The molecule has 4 aromatic rings. The largest absolute Gasteiger partial charge is 0.354 e. The van der Waals surface area contributed by atoms with Crippen LogP contribution in [0.4, 0.5) is 5.69 Å². The molecule has 236 valence electrons. The number of benzene rings is 4. The first-order chi connectivity index (χ1) is 21.5. The summed E-state index contributed by atoms with van der Waals surface area (Å²) in [6.45, 7) is 9.83. The van der Waals surface area contributed by atoms with E-state index in [2.05, 4.69) is 5.32 Å². The first-order valence-corrected chi connectivity index (χ1v) is 16.8. The molecular formula is C37H43N3O4S. The molecule has 0 aromatic heterocycles. The highest BCUT2D eigenvalue weighted by atomic mass is 32.2. The Kier molecular flexibility index (Phi) is 11.2. The Balaban J connectivity index is 1.82. The molecule has 7 nitrogen and oxygen atoms in total. The number of hydrogen-bond acceptors (Lipinski definition) is 4. The molecule has 0 fully saturated rings. The third-order valence-electron chi connectivity index (χ3n) is 8.09. The zero-order valence-corrected chi connectivity index (χ0v) is 27.6. The van der Waals surface area contributed by atoms with Crippen LogP contribution in [0.3, 0.4) is 0 Å². The summed E-state index contributed by atoms with van der Waals surface area (Å²) >= 11 is 0. The molecule has 0 aliphatic carbocycles. The van der Waals surface area contributed by atoms with Gasteiger partial charge >= 0.3 is 0 Å². The number of hydrogen-bond donors (Lipinski definition) is 1. The van der Waals surface area contributed by atoms with Crippen LogP contribution in [0.1, 0.15) is 46.7 Å². The lowest BCUT2D eigenvalue weighted by atomic mass is 10.0. The van der Waals surface area contributed by atoms with Crippen LogP contribution in [-0.4, -0.2) is 44.3 Å². The SMILES string of the molecule is CCCNC(=O)[C@@H](Cc1ccccc1)N(Cc1ccccc1C)C(=O)CN(c1ccc(C)c(C)c1)S(=O)(=O)c1ccc(C)cc1. The fourth-order valence-electron chi connectivity index (χ4n) is 5.14. The summed E-state index contributed by atoms with van der Waals surface area (Å²) < 4.78 is 29.6. The minimum absolute atomic E-state index is 0.0890. The van der Waals surface area contributed by atoms with E-state index in [1.54, 1.807) is 41.3 Å². The van der Waals surface area contributed by atoms with Crippen molar-refractivity contribution in [2.75, 3.05) is 17.4 Å². The van der Waals surface area contributed by atoms with E-state index in [0.29, 0.717) is 12.2 Å². The molecule has 0 saturated heterocycles. The standard InChI is InChI=1S/C37H43N3O4S/c1-6-22-38-37(42)35(24-31-13-8-7-9-14-31)39(25-32-15-11-10-12-29(32)4)36(41)26-40(33-19-18-28(3)30(5)23-33)45(43,44)34-20-16-27(2)17-21-34/h7-21,23,35H,6,22,24-26H2,1-5H3,(H,38,42)/t35-/m1/s1. The molecule has 1 N–H and O–H groups in total. The van der Waals surface area contributed by atoms with Gasteiger partial charge in [0.05, 0.1) is 10.6 Å². The summed E-state index contributed by atoms with van der Waals surface area (Å²) in [5, 5.41) is 2.98. The number of sulfonamides is 1. The molecule has 2 amide bonds. The summed E-state index contributed by atoms with van der Waals surface area (Å²) in [7, 11) is -4.14. The van der Waals surface area contributed by atoms with E-state index in [-0.39, 0.29) is 23.8 Å². The highest BCUT2D eigenvalue weighted by Gasteiger charge is 2.34. The van der Waals surface area contributed by atoms with E-state index >= 15 is 0 Å². The molecule has 0 spiro atoms. The lowest BCUT2D eigenvalue weighted by molar-refractivity contribution is -0.140. The van der Waals surface area contributed by atoms with Gasteiger partial charge in [-0.3, -0.25) is 13.9 Å². The molecule has 0 aliphatic rings. The van der Waals surface area contributed by atoms with Gasteiger partial charge in [0.15, 0.2) is 0 Å². The molecule has 4 aromatic carbocycles. The zero-order valence-electron chi connectivity index (χ0n) is 26.8. The third kappa shape index (κ3) is 8.39. The van der Waals surface area contributed by atoms with Crippen molar-refractivity contribution < 1.29 is 18.0 Å². The van der Waals surface area contributed by atoms with Gasteiger partial charge in [0, 0.05) is 19.5 Å². The monoisotopic (exact) mass is 625 g/mol. The second-order valence-electron chi connectivity index (χ2n) is 11.5. The van der Waals surface area contributed by atoms with Crippen molar-refractivity contribution in [3.05, 3.63) is 130 Å². The highest BCUT2D eigenvalue weighted by molar-refractivity contribution is 7.92. The Labute approximate surface area is 268 Å². The number of nitrogens with zero attached hydrogens (tertiary/aromatic N) is 2. The van der Waals surface area contributed by atoms with E-state index < -0.39 is 28.5 Å². The van der Waals surface area contributed by atoms with Crippen molar-refractivity contribution in [2.24, 2.45) is 0 Å². The van der Waals surface area contributed by atoms with Crippen LogP contribution < -0.4 is 9.62 Å². The van der Waals surface area contributed by atoms with Crippen molar-refractivity contribution in [1.29, 1.82) is 0 Å². The van der Waals surface area contributed by atoms with Crippen LogP contribution in [0.15, 0.2) is 102 Å². The predicted molar refractivity (Wildman–Crippen MR) is 181 cm³/mol. The summed E-state index contributed by atoms with van der Waals surface area (Å²) in [5.41, 5.74) is 5.98. The van der Waals surface area contributed by atoms with Gasteiger partial charge in [-0.25, -0.2) is 8.42 Å². The Hall–Kier alpha value is -4.43. The minimum atomic E-state index is -4.14. The average molecular weight is 626 g/mol. The highest BCUT2D eigenvalue weighted by Crippen LogP contribution is 2.27. The number of aryl methyl sites for hydroxylation is 4. The van der Waals surface area contributed by atoms with E-state index in [0.717, 1.165) is 39.8 Å². The van der Waals surface area contributed by atoms with Gasteiger partial charge in [0.2, 0.25) is 11.8 Å². The lowest BCUT2D eigenvalue weighted by Gasteiger charge is -2.34. The van der Waals surface area contributed by atoms with E-state index in [1.165, 1.54) is 4.31 Å². The molecule has 4 rings (SSSR count). The second-order valence-corrected chi connectivity index (χ2v) is 13.4. The zero-order chi connectivity index (χ0) is 32.6. The summed E-state index contributed by atoms with van der Waals surface area (Å²) in [4.78, 5) is 30.0. The smallest absolute Gasteiger partial charge is 0.264 e. The molecule has 0 radical (unpaired) electrons. The fraction of sp³-hybridized carbons (Fsp3) is 0.297. The van der Waals surface area contributed by atoms with Gasteiger partial charge in [-0.15, -0.1) is 0 Å². The number of amides is 2. The van der Waals surface area contributed by atoms with Crippen LogP contribution in [0.2, 0.25) is 0 Å². The number of rotatable bonds is 13. The Morgan fingerprint density at radius 1 is 0.778 bits per heavy atom. The summed E-state index contributed by atoms with van der Waals surface area (Å²) in [6.07, 6.45) is 1.02. The maximum atomic E-state index is 14.6. The van der Waals surface area contributed by atoms with Gasteiger partial charge in [-0.05, 0) is 86.2 Å². The molecule has 1 atom stereocenters. The molecule has 0 heterocycles. The Morgan fingerprint density at radius 2 is 1.44 bits per heavy atom. The maximum Gasteiger partial charge on any atom is 0.264 e. The van der Waals surface area contributed by atoms with E-state index in [9.17, 15) is 18.0 Å². The quantitative estimate of drug-likeness (QED) is 0.190. The van der Waals surface area contributed by atoms with Crippen LogP contribution in [0.25, 0.3) is 0 Å². The third-order valence-corrected chi connectivity index (χ3v) is 9.88. The predicted octanol–water partition coefficient (Wildman–Crippen LogP) is 6.28. The molecule has 0 saturated carbocycles. The van der Waals surface area contributed by atoms with E-state index in [4.69, 9.17) is 0 Å². The van der Waals surface area contributed by atoms with Gasteiger partial charge in [0.25, 0.3) is 10.0 Å². The molecule has 0 aliphatic heterocycles. The van der Waals surface area contributed by atoms with Crippen LogP contribution in [0.5, 0.6) is 0 Å². The first-order valence-electron chi connectivity index (χ1n) is 15.3. The number of anilines is 1.